The van der Waals surface area contributed by atoms with Crippen LogP contribution in [-0.4, -0.2) is 37.7 Å². The number of amides is 2. The van der Waals surface area contributed by atoms with E-state index < -0.39 is 0 Å². The van der Waals surface area contributed by atoms with Gasteiger partial charge < -0.3 is 25.1 Å². The van der Waals surface area contributed by atoms with Gasteiger partial charge in [-0.3, -0.25) is 9.59 Å². The molecule has 2 amide bonds. The fraction of sp³-hybridized carbons (Fsp3) is 0.160. The Morgan fingerprint density at radius 3 is 2.30 bits per heavy atom. The van der Waals surface area contributed by atoms with Crippen LogP contribution in [0.2, 0.25) is 5.02 Å². The fourth-order valence-electron chi connectivity index (χ4n) is 3.11. The zero-order chi connectivity index (χ0) is 23.5. The van der Waals surface area contributed by atoms with E-state index >= 15 is 0 Å². The van der Waals surface area contributed by atoms with Crippen LogP contribution >= 0.6 is 11.6 Å². The summed E-state index contributed by atoms with van der Waals surface area (Å²) < 4.78 is 6.00. The number of carbonyl (C=O) groups excluding carboxylic acids is 3. The highest BCUT2D eigenvalue weighted by Gasteiger charge is 2.19. The molecule has 0 unspecified atom stereocenters. The molecule has 2 N–H and O–H groups in total. The van der Waals surface area contributed by atoms with E-state index in [-0.39, 0.29) is 31.4 Å². The summed E-state index contributed by atoms with van der Waals surface area (Å²) in [6.07, 6.45) is 0.604. The Hall–Kier alpha value is -3.84. The Morgan fingerprint density at radius 2 is 1.58 bits per heavy atom. The van der Waals surface area contributed by atoms with Crippen molar-refractivity contribution in [1.82, 2.24) is 10.6 Å². The van der Waals surface area contributed by atoms with Crippen LogP contribution in [0.3, 0.4) is 0 Å². The maximum Gasteiger partial charge on any atom is 0.239 e. The SMILES string of the molecule is O=CCNC(=O)CN(CC(=O)NCc1cccc(Cl)c1)c1ccccc1Oc1ccccc1. The van der Waals surface area contributed by atoms with Gasteiger partial charge in [0.05, 0.1) is 25.3 Å². The van der Waals surface area contributed by atoms with E-state index in [2.05, 4.69) is 10.6 Å². The number of hydrogen-bond donors (Lipinski definition) is 2. The average molecular weight is 466 g/mol. The molecule has 7 nitrogen and oxygen atoms in total. The zero-order valence-electron chi connectivity index (χ0n) is 17.9. The number of nitrogens with one attached hydrogen (secondary N) is 2. The Kier molecular flexibility index (Phi) is 8.85. The fourth-order valence-corrected chi connectivity index (χ4v) is 3.32. The lowest BCUT2D eigenvalue weighted by Crippen LogP contribution is -2.43. The van der Waals surface area contributed by atoms with Gasteiger partial charge in [0.2, 0.25) is 11.8 Å². The molecule has 170 valence electrons. The Labute approximate surface area is 197 Å². The molecular formula is C25H24ClN3O4. The summed E-state index contributed by atoms with van der Waals surface area (Å²) in [4.78, 5) is 37.3. The summed E-state index contributed by atoms with van der Waals surface area (Å²) in [7, 11) is 0. The molecule has 0 bridgehead atoms. The Bertz CT molecular complexity index is 1090. The van der Waals surface area contributed by atoms with Gasteiger partial charge in [-0.05, 0) is 42.0 Å². The first-order chi connectivity index (χ1) is 16.0. The third kappa shape index (κ3) is 7.66. The second kappa shape index (κ2) is 12.3. The number of carbonyl (C=O) groups is 3. The van der Waals surface area contributed by atoms with E-state index in [0.717, 1.165) is 5.56 Å². The molecule has 0 aliphatic carbocycles. The summed E-state index contributed by atoms with van der Waals surface area (Å²) in [5.41, 5.74) is 1.43. The minimum atomic E-state index is -0.390. The molecule has 0 radical (unpaired) electrons. The predicted molar refractivity (Wildman–Crippen MR) is 128 cm³/mol. The van der Waals surface area contributed by atoms with Crippen LogP contribution in [0.1, 0.15) is 5.56 Å². The van der Waals surface area contributed by atoms with Crippen LogP contribution < -0.4 is 20.3 Å². The molecule has 3 aromatic carbocycles. The third-order valence-corrected chi connectivity index (χ3v) is 4.84. The topological polar surface area (TPSA) is 87.7 Å². The molecule has 0 aliphatic rings. The van der Waals surface area contributed by atoms with Crippen molar-refractivity contribution in [3.05, 3.63) is 89.4 Å². The summed E-state index contributed by atoms with van der Waals surface area (Å²) in [6.45, 7) is -0.0274. The molecule has 0 saturated heterocycles. The highest BCUT2D eigenvalue weighted by atomic mass is 35.5. The molecule has 3 rings (SSSR count). The van der Waals surface area contributed by atoms with E-state index in [1.807, 2.05) is 48.5 Å². The molecule has 0 atom stereocenters. The van der Waals surface area contributed by atoms with Crippen LogP contribution in [-0.2, 0) is 20.9 Å². The van der Waals surface area contributed by atoms with Crippen molar-refractivity contribution in [3.63, 3.8) is 0 Å². The second-order valence-corrected chi connectivity index (χ2v) is 7.55. The maximum atomic E-state index is 12.7. The number of ether oxygens (including phenoxy) is 1. The van der Waals surface area contributed by atoms with Gasteiger partial charge in [0, 0.05) is 11.6 Å². The molecule has 33 heavy (non-hydrogen) atoms. The van der Waals surface area contributed by atoms with Gasteiger partial charge in [-0.1, -0.05) is 54.1 Å². The zero-order valence-corrected chi connectivity index (χ0v) is 18.6. The molecule has 0 saturated carbocycles. The molecule has 0 aliphatic heterocycles. The van der Waals surface area contributed by atoms with Gasteiger partial charge in [0.1, 0.15) is 12.0 Å². The number of benzene rings is 3. The normalized spacial score (nSPS) is 10.2. The van der Waals surface area contributed by atoms with Crippen molar-refractivity contribution in [1.29, 1.82) is 0 Å². The van der Waals surface area contributed by atoms with Gasteiger partial charge in [-0.25, -0.2) is 0 Å². The molecule has 3 aromatic rings. The number of rotatable bonds is 11. The molecular weight excluding hydrogens is 442 g/mol. The highest BCUT2D eigenvalue weighted by molar-refractivity contribution is 6.30. The van der Waals surface area contributed by atoms with Crippen molar-refractivity contribution in [2.24, 2.45) is 0 Å². The number of halogens is 1. The highest BCUT2D eigenvalue weighted by Crippen LogP contribution is 2.32. The van der Waals surface area contributed by atoms with Gasteiger partial charge in [-0.2, -0.15) is 0 Å². The minimum absolute atomic E-state index is 0.0930. The van der Waals surface area contributed by atoms with Gasteiger partial charge in [0.25, 0.3) is 0 Å². The van der Waals surface area contributed by atoms with Crippen LogP contribution in [0, 0.1) is 0 Å². The predicted octanol–water partition coefficient (Wildman–Crippen LogP) is 3.57. The summed E-state index contributed by atoms with van der Waals surface area (Å²) in [5.74, 6) is 0.446. The molecule has 0 spiro atoms. The molecule has 0 aromatic heterocycles. The molecule has 0 fully saturated rings. The largest absolute Gasteiger partial charge is 0.455 e. The first-order valence-electron chi connectivity index (χ1n) is 10.3. The van der Waals surface area contributed by atoms with Crippen molar-refractivity contribution in [3.8, 4) is 11.5 Å². The Morgan fingerprint density at radius 1 is 0.879 bits per heavy atom. The number of anilines is 1. The summed E-state index contributed by atoms with van der Waals surface area (Å²) in [6, 6.07) is 23.6. The number of aldehydes is 1. The summed E-state index contributed by atoms with van der Waals surface area (Å²) in [5, 5.41) is 5.93. The standard InChI is InChI=1S/C25H24ClN3O4/c26-20-8-6-7-19(15-20)16-28-25(32)18-29(17-24(31)27-13-14-30)22-11-4-5-12-23(22)33-21-9-2-1-3-10-21/h1-12,14-15H,13,16-18H2,(H,27,31)(H,28,32). The molecule has 0 heterocycles. The second-order valence-electron chi connectivity index (χ2n) is 7.12. The number of para-hydroxylation sites is 3. The van der Waals surface area contributed by atoms with Crippen LogP contribution in [0.5, 0.6) is 11.5 Å². The minimum Gasteiger partial charge on any atom is -0.455 e. The number of hydrogen-bond acceptors (Lipinski definition) is 5. The average Bonchev–Trinajstić information content (AvgIpc) is 2.82. The van der Waals surface area contributed by atoms with Crippen LogP contribution in [0.15, 0.2) is 78.9 Å². The first kappa shape index (κ1) is 23.8. The summed E-state index contributed by atoms with van der Waals surface area (Å²) >= 11 is 6.00. The van der Waals surface area contributed by atoms with E-state index in [9.17, 15) is 14.4 Å². The van der Waals surface area contributed by atoms with Crippen molar-refractivity contribution in [2.75, 3.05) is 24.5 Å². The van der Waals surface area contributed by atoms with Crippen molar-refractivity contribution >= 4 is 35.4 Å². The van der Waals surface area contributed by atoms with Gasteiger partial charge in [0.15, 0.2) is 5.75 Å². The quantitative estimate of drug-likeness (QED) is 0.423. The van der Waals surface area contributed by atoms with E-state index in [4.69, 9.17) is 16.3 Å². The van der Waals surface area contributed by atoms with E-state index in [0.29, 0.717) is 35.0 Å². The van der Waals surface area contributed by atoms with E-state index in [1.54, 1.807) is 35.2 Å². The lowest BCUT2D eigenvalue weighted by molar-refractivity contribution is -0.121. The number of nitrogens with zero attached hydrogens (tertiary/aromatic N) is 1. The smallest absolute Gasteiger partial charge is 0.239 e. The van der Waals surface area contributed by atoms with Crippen molar-refractivity contribution in [2.45, 2.75) is 6.54 Å². The lowest BCUT2D eigenvalue weighted by atomic mass is 10.2. The molecule has 8 heteroatoms. The van der Waals surface area contributed by atoms with Crippen LogP contribution in [0.25, 0.3) is 0 Å². The third-order valence-electron chi connectivity index (χ3n) is 4.61. The van der Waals surface area contributed by atoms with Gasteiger partial charge >= 0.3 is 0 Å². The maximum absolute atomic E-state index is 12.7. The Balaban J connectivity index is 1.77. The van der Waals surface area contributed by atoms with Gasteiger partial charge in [-0.15, -0.1) is 0 Å². The van der Waals surface area contributed by atoms with E-state index in [1.165, 1.54) is 0 Å². The van der Waals surface area contributed by atoms with Crippen molar-refractivity contribution < 1.29 is 19.1 Å². The first-order valence-corrected chi connectivity index (χ1v) is 10.7. The van der Waals surface area contributed by atoms with Crippen LogP contribution in [0.4, 0.5) is 5.69 Å². The monoisotopic (exact) mass is 465 g/mol. The lowest BCUT2D eigenvalue weighted by Gasteiger charge is -2.25.